The van der Waals surface area contributed by atoms with Gasteiger partial charge in [0.05, 0.1) is 11.8 Å². The van der Waals surface area contributed by atoms with Crippen LogP contribution in [0.15, 0.2) is 24.3 Å². The highest BCUT2D eigenvalue weighted by molar-refractivity contribution is 7.88. The maximum atomic E-state index is 12.0. The van der Waals surface area contributed by atoms with Crippen LogP contribution in [0.4, 0.5) is 5.69 Å². The summed E-state index contributed by atoms with van der Waals surface area (Å²) in [6.07, 6.45) is 2.05. The van der Waals surface area contributed by atoms with Gasteiger partial charge in [-0.3, -0.25) is 4.79 Å². The van der Waals surface area contributed by atoms with E-state index in [-0.39, 0.29) is 19.0 Å². The van der Waals surface area contributed by atoms with Crippen LogP contribution in [0.3, 0.4) is 0 Å². The Balaban J connectivity index is 2.54. The van der Waals surface area contributed by atoms with Crippen molar-refractivity contribution in [1.82, 2.24) is 10.0 Å². The fraction of sp³-hybridized carbons (Fsp3) is 0.462. The van der Waals surface area contributed by atoms with Crippen LogP contribution in [-0.2, 0) is 10.0 Å². The van der Waals surface area contributed by atoms with Gasteiger partial charge in [-0.05, 0) is 18.6 Å². The smallest absolute Gasteiger partial charge is 0.253 e. The molecule has 0 fully saturated rings. The SMILES string of the molecule is CCCNc1ccccc1C(=O)NCCNS(C)(=O)=O. The predicted octanol–water partition coefficient (Wildman–Crippen LogP) is 0.787. The monoisotopic (exact) mass is 299 g/mol. The Bertz CT molecular complexity index is 544. The van der Waals surface area contributed by atoms with Crippen molar-refractivity contribution in [2.24, 2.45) is 0 Å². The lowest BCUT2D eigenvalue weighted by molar-refractivity contribution is 0.0955. The highest BCUT2D eigenvalue weighted by atomic mass is 32.2. The molecule has 1 aromatic rings. The Morgan fingerprint density at radius 2 is 1.85 bits per heavy atom. The Kier molecular flexibility index (Phi) is 6.47. The van der Waals surface area contributed by atoms with E-state index >= 15 is 0 Å². The molecular weight excluding hydrogens is 278 g/mol. The molecule has 0 radical (unpaired) electrons. The molecule has 0 spiro atoms. The summed E-state index contributed by atoms with van der Waals surface area (Å²) in [6.45, 7) is 3.26. The van der Waals surface area contributed by atoms with Gasteiger partial charge in [-0.15, -0.1) is 0 Å². The van der Waals surface area contributed by atoms with Crippen LogP contribution < -0.4 is 15.4 Å². The molecule has 1 amide bonds. The molecule has 0 heterocycles. The second-order valence-electron chi connectivity index (χ2n) is 4.39. The zero-order valence-corrected chi connectivity index (χ0v) is 12.6. The summed E-state index contributed by atoms with van der Waals surface area (Å²) in [5.41, 5.74) is 1.34. The first kappa shape index (κ1) is 16.5. The molecule has 0 saturated heterocycles. The van der Waals surface area contributed by atoms with E-state index in [1.54, 1.807) is 12.1 Å². The van der Waals surface area contributed by atoms with Gasteiger partial charge in [0.1, 0.15) is 0 Å². The zero-order chi connectivity index (χ0) is 15.0. The Hall–Kier alpha value is -1.60. The van der Waals surface area contributed by atoms with Crippen molar-refractivity contribution in [3.63, 3.8) is 0 Å². The van der Waals surface area contributed by atoms with Gasteiger partial charge < -0.3 is 10.6 Å². The van der Waals surface area contributed by atoms with Crippen LogP contribution in [0.1, 0.15) is 23.7 Å². The first-order chi connectivity index (χ1) is 9.44. The minimum atomic E-state index is -3.22. The number of hydrogen-bond acceptors (Lipinski definition) is 4. The van der Waals surface area contributed by atoms with E-state index in [0.717, 1.165) is 24.9 Å². The molecule has 0 bridgehead atoms. The van der Waals surface area contributed by atoms with E-state index in [4.69, 9.17) is 0 Å². The van der Waals surface area contributed by atoms with Gasteiger partial charge in [0.2, 0.25) is 10.0 Å². The quantitative estimate of drug-likeness (QED) is 0.619. The maximum absolute atomic E-state index is 12.0. The molecule has 20 heavy (non-hydrogen) atoms. The second-order valence-corrected chi connectivity index (χ2v) is 6.23. The summed E-state index contributed by atoms with van der Waals surface area (Å²) in [6, 6.07) is 7.23. The van der Waals surface area contributed by atoms with Gasteiger partial charge in [-0.25, -0.2) is 13.1 Å². The van der Waals surface area contributed by atoms with Gasteiger partial charge in [0.25, 0.3) is 5.91 Å². The number of amides is 1. The minimum absolute atomic E-state index is 0.176. The summed E-state index contributed by atoms with van der Waals surface area (Å²) in [5, 5.41) is 5.87. The van der Waals surface area contributed by atoms with Crippen LogP contribution in [0, 0.1) is 0 Å². The molecule has 6 nitrogen and oxygen atoms in total. The number of sulfonamides is 1. The van der Waals surface area contributed by atoms with Crippen molar-refractivity contribution >= 4 is 21.6 Å². The fourth-order valence-electron chi connectivity index (χ4n) is 1.60. The second kappa shape index (κ2) is 7.86. The Morgan fingerprint density at radius 3 is 2.50 bits per heavy atom. The van der Waals surface area contributed by atoms with Gasteiger partial charge in [-0.1, -0.05) is 19.1 Å². The van der Waals surface area contributed by atoms with Crippen LogP contribution in [-0.4, -0.2) is 40.2 Å². The van der Waals surface area contributed by atoms with Gasteiger partial charge in [0, 0.05) is 25.3 Å². The van der Waals surface area contributed by atoms with E-state index < -0.39 is 10.0 Å². The molecule has 0 saturated carbocycles. The molecule has 1 aromatic carbocycles. The number of hydrogen-bond donors (Lipinski definition) is 3. The molecule has 1 rings (SSSR count). The molecular formula is C13H21N3O3S. The van der Waals surface area contributed by atoms with Crippen LogP contribution >= 0.6 is 0 Å². The van der Waals surface area contributed by atoms with E-state index in [2.05, 4.69) is 15.4 Å². The zero-order valence-electron chi connectivity index (χ0n) is 11.8. The summed E-state index contributed by atoms with van der Waals surface area (Å²) in [4.78, 5) is 12.0. The fourth-order valence-corrected chi connectivity index (χ4v) is 2.08. The number of anilines is 1. The summed E-state index contributed by atoms with van der Waals surface area (Å²) < 4.78 is 24.1. The van der Waals surface area contributed by atoms with E-state index in [1.807, 2.05) is 19.1 Å². The third kappa shape index (κ3) is 6.03. The number of carbonyl (C=O) groups excluding carboxylic acids is 1. The average molecular weight is 299 g/mol. The largest absolute Gasteiger partial charge is 0.384 e. The normalized spacial score (nSPS) is 11.1. The van der Waals surface area contributed by atoms with Crippen molar-refractivity contribution in [3.8, 4) is 0 Å². The van der Waals surface area contributed by atoms with Crippen LogP contribution in [0.25, 0.3) is 0 Å². The van der Waals surface area contributed by atoms with E-state index in [1.165, 1.54) is 0 Å². The number of nitrogens with one attached hydrogen (secondary N) is 3. The first-order valence-electron chi connectivity index (χ1n) is 6.49. The number of carbonyl (C=O) groups is 1. The third-order valence-electron chi connectivity index (χ3n) is 2.51. The van der Waals surface area contributed by atoms with Gasteiger partial charge in [0.15, 0.2) is 0 Å². The molecule has 0 unspecified atom stereocenters. The molecule has 112 valence electrons. The van der Waals surface area contributed by atoms with Crippen molar-refractivity contribution in [2.45, 2.75) is 13.3 Å². The summed E-state index contributed by atoms with van der Waals surface area (Å²) in [7, 11) is -3.22. The van der Waals surface area contributed by atoms with Gasteiger partial charge >= 0.3 is 0 Å². The predicted molar refractivity (Wildman–Crippen MR) is 80.4 cm³/mol. The standard InChI is InChI=1S/C13H21N3O3S/c1-3-8-14-12-7-5-4-6-11(12)13(17)15-9-10-16-20(2,18)19/h4-7,14,16H,3,8-10H2,1-2H3,(H,15,17). The molecule has 0 aromatic heterocycles. The van der Waals surface area contributed by atoms with Crippen molar-refractivity contribution < 1.29 is 13.2 Å². The Labute approximate surface area is 120 Å². The minimum Gasteiger partial charge on any atom is -0.384 e. The average Bonchev–Trinajstić information content (AvgIpc) is 2.40. The summed E-state index contributed by atoms with van der Waals surface area (Å²) in [5.74, 6) is -0.223. The topological polar surface area (TPSA) is 87.3 Å². The molecule has 0 atom stereocenters. The molecule has 0 aliphatic heterocycles. The summed E-state index contributed by atoms with van der Waals surface area (Å²) >= 11 is 0. The van der Waals surface area contributed by atoms with Crippen molar-refractivity contribution in [2.75, 3.05) is 31.2 Å². The van der Waals surface area contributed by atoms with Crippen LogP contribution in [0.5, 0.6) is 0 Å². The lowest BCUT2D eigenvalue weighted by Gasteiger charge is -2.11. The van der Waals surface area contributed by atoms with Crippen molar-refractivity contribution in [1.29, 1.82) is 0 Å². The lowest BCUT2D eigenvalue weighted by Crippen LogP contribution is -2.34. The van der Waals surface area contributed by atoms with Crippen molar-refractivity contribution in [3.05, 3.63) is 29.8 Å². The Morgan fingerprint density at radius 1 is 1.15 bits per heavy atom. The number of rotatable bonds is 8. The third-order valence-corrected chi connectivity index (χ3v) is 3.24. The number of benzene rings is 1. The number of para-hydroxylation sites is 1. The van der Waals surface area contributed by atoms with E-state index in [9.17, 15) is 13.2 Å². The highest BCUT2D eigenvalue weighted by Gasteiger charge is 2.10. The highest BCUT2D eigenvalue weighted by Crippen LogP contribution is 2.14. The maximum Gasteiger partial charge on any atom is 0.253 e. The van der Waals surface area contributed by atoms with Gasteiger partial charge in [-0.2, -0.15) is 0 Å². The molecule has 0 aliphatic rings. The molecule has 3 N–H and O–H groups in total. The van der Waals surface area contributed by atoms with E-state index in [0.29, 0.717) is 5.56 Å². The molecule has 0 aliphatic carbocycles. The lowest BCUT2D eigenvalue weighted by atomic mass is 10.1. The first-order valence-corrected chi connectivity index (χ1v) is 8.39. The van der Waals surface area contributed by atoms with Crippen LogP contribution in [0.2, 0.25) is 0 Å². The molecule has 7 heteroatoms.